The predicted octanol–water partition coefficient (Wildman–Crippen LogP) is 2.62. The van der Waals surface area contributed by atoms with Gasteiger partial charge in [-0.05, 0) is 19.1 Å². The molecule has 0 aliphatic carbocycles. The molecule has 5 nitrogen and oxygen atoms in total. The van der Waals surface area contributed by atoms with Crippen molar-refractivity contribution in [2.24, 2.45) is 0 Å². The molecule has 1 aromatic carbocycles. The predicted molar refractivity (Wildman–Crippen MR) is 64.4 cm³/mol. The summed E-state index contributed by atoms with van der Waals surface area (Å²) in [5, 5.41) is 8.58. The van der Waals surface area contributed by atoms with E-state index >= 15 is 0 Å². The van der Waals surface area contributed by atoms with Crippen molar-refractivity contribution in [2.45, 2.75) is 13.3 Å². The summed E-state index contributed by atoms with van der Waals surface area (Å²) < 4.78 is 9.65. The first-order valence-corrected chi connectivity index (χ1v) is 5.39. The van der Waals surface area contributed by atoms with Gasteiger partial charge in [0.05, 0.1) is 6.61 Å². The molecule has 0 atom stereocenters. The van der Waals surface area contributed by atoms with E-state index < -0.39 is 12.1 Å². The van der Waals surface area contributed by atoms with Crippen LogP contribution in [0.2, 0.25) is 0 Å². The van der Waals surface area contributed by atoms with Crippen LogP contribution in [0.3, 0.4) is 0 Å². The van der Waals surface area contributed by atoms with Gasteiger partial charge < -0.3 is 14.6 Å². The van der Waals surface area contributed by atoms with E-state index in [1.165, 1.54) is 13.0 Å². The topological polar surface area (TPSA) is 72.8 Å². The van der Waals surface area contributed by atoms with Crippen molar-refractivity contribution in [2.75, 3.05) is 6.61 Å². The summed E-state index contributed by atoms with van der Waals surface area (Å²) in [5.41, 5.74) is 0.218. The lowest BCUT2D eigenvalue weighted by Gasteiger charge is -2.04. The van der Waals surface area contributed by atoms with Crippen LogP contribution in [0.15, 0.2) is 42.0 Å². The number of hydrogen-bond acceptors (Lipinski definition) is 4. The second kappa shape index (κ2) is 7.11. The molecule has 0 aliphatic rings. The van der Waals surface area contributed by atoms with Crippen LogP contribution in [0, 0.1) is 0 Å². The van der Waals surface area contributed by atoms with E-state index in [1.54, 1.807) is 30.3 Å². The minimum Gasteiger partial charge on any atom is -0.478 e. The molecule has 96 valence electrons. The molecule has 0 heterocycles. The van der Waals surface area contributed by atoms with Crippen LogP contribution >= 0.6 is 0 Å². The maximum Gasteiger partial charge on any atom is 0.513 e. The summed E-state index contributed by atoms with van der Waals surface area (Å²) in [6, 6.07) is 8.55. The Hall–Kier alpha value is -2.30. The Balaban J connectivity index is 2.26. The van der Waals surface area contributed by atoms with Crippen molar-refractivity contribution in [3.63, 3.8) is 0 Å². The Morgan fingerprint density at radius 1 is 1.28 bits per heavy atom. The Labute approximate surface area is 105 Å². The maximum atomic E-state index is 11.2. The van der Waals surface area contributed by atoms with E-state index in [2.05, 4.69) is 0 Å². The smallest absolute Gasteiger partial charge is 0.478 e. The molecule has 0 aromatic heterocycles. The van der Waals surface area contributed by atoms with Gasteiger partial charge in [0, 0.05) is 12.0 Å². The summed E-state index contributed by atoms with van der Waals surface area (Å²) in [7, 11) is 0. The monoisotopic (exact) mass is 250 g/mol. The molecule has 0 spiro atoms. The third-order valence-corrected chi connectivity index (χ3v) is 2.07. The number of rotatable bonds is 5. The molecule has 18 heavy (non-hydrogen) atoms. The fourth-order valence-corrected chi connectivity index (χ4v) is 1.12. The van der Waals surface area contributed by atoms with Crippen LogP contribution in [-0.4, -0.2) is 23.8 Å². The molecule has 0 aliphatic heterocycles. The van der Waals surface area contributed by atoms with Crippen LogP contribution in [0.4, 0.5) is 4.79 Å². The summed E-state index contributed by atoms with van der Waals surface area (Å²) >= 11 is 0. The first-order valence-electron chi connectivity index (χ1n) is 5.39. The average molecular weight is 250 g/mol. The van der Waals surface area contributed by atoms with Gasteiger partial charge in [-0.25, -0.2) is 9.59 Å². The zero-order valence-corrected chi connectivity index (χ0v) is 9.96. The van der Waals surface area contributed by atoms with Gasteiger partial charge in [0.1, 0.15) is 5.75 Å². The lowest BCUT2D eigenvalue weighted by Crippen LogP contribution is -2.11. The van der Waals surface area contributed by atoms with E-state index in [0.717, 1.165) is 0 Å². The Morgan fingerprint density at radius 2 is 1.94 bits per heavy atom. The second-order valence-corrected chi connectivity index (χ2v) is 3.49. The molecule has 0 fully saturated rings. The number of carboxylic acid groups (broad SMARTS) is 1. The van der Waals surface area contributed by atoms with Crippen LogP contribution in [0.1, 0.15) is 13.3 Å². The normalized spacial score (nSPS) is 10.8. The second-order valence-electron chi connectivity index (χ2n) is 3.49. The van der Waals surface area contributed by atoms with Crippen molar-refractivity contribution in [3.05, 3.63) is 42.0 Å². The molecule has 0 saturated carbocycles. The highest BCUT2D eigenvalue weighted by molar-refractivity contribution is 5.85. The van der Waals surface area contributed by atoms with Gasteiger partial charge in [-0.1, -0.05) is 24.3 Å². The van der Waals surface area contributed by atoms with Crippen LogP contribution in [-0.2, 0) is 9.53 Å². The zero-order chi connectivity index (χ0) is 13.4. The van der Waals surface area contributed by atoms with Gasteiger partial charge in [-0.15, -0.1) is 0 Å². The molecule has 0 radical (unpaired) electrons. The largest absolute Gasteiger partial charge is 0.513 e. The summed E-state index contributed by atoms with van der Waals surface area (Å²) in [6.07, 6.45) is 1.02. The number of hydrogen-bond donors (Lipinski definition) is 1. The van der Waals surface area contributed by atoms with E-state index in [4.69, 9.17) is 14.6 Å². The van der Waals surface area contributed by atoms with Crippen molar-refractivity contribution in [1.82, 2.24) is 0 Å². The fourth-order valence-electron chi connectivity index (χ4n) is 1.12. The minimum absolute atomic E-state index is 0.0796. The number of ether oxygens (including phenoxy) is 2. The van der Waals surface area contributed by atoms with E-state index in [9.17, 15) is 9.59 Å². The lowest BCUT2D eigenvalue weighted by molar-refractivity contribution is -0.132. The molecule has 0 unspecified atom stereocenters. The van der Waals surface area contributed by atoms with Crippen molar-refractivity contribution >= 4 is 12.1 Å². The Morgan fingerprint density at radius 3 is 2.56 bits per heavy atom. The number of carbonyl (C=O) groups is 2. The average Bonchev–Trinajstić information content (AvgIpc) is 2.35. The summed E-state index contributed by atoms with van der Waals surface area (Å²) in [5.74, 6) is -0.582. The first kappa shape index (κ1) is 13.8. The molecular weight excluding hydrogens is 236 g/mol. The van der Waals surface area contributed by atoms with Crippen LogP contribution in [0.5, 0.6) is 5.75 Å². The van der Waals surface area contributed by atoms with Gasteiger partial charge in [-0.2, -0.15) is 0 Å². The summed E-state index contributed by atoms with van der Waals surface area (Å²) in [6.45, 7) is 1.56. The number of para-hydroxylation sites is 1. The molecule has 5 heteroatoms. The van der Waals surface area contributed by atoms with Crippen LogP contribution in [0.25, 0.3) is 0 Å². The minimum atomic E-state index is -0.984. The SMILES string of the molecule is C/C(=C\CCOC(=O)Oc1ccccc1)C(=O)O. The molecule has 1 N–H and O–H groups in total. The number of aliphatic carboxylic acids is 1. The molecule has 0 bridgehead atoms. The van der Waals surface area contributed by atoms with Crippen LogP contribution < -0.4 is 4.74 Å². The van der Waals surface area contributed by atoms with Gasteiger partial charge in [0.15, 0.2) is 0 Å². The van der Waals surface area contributed by atoms with Gasteiger partial charge >= 0.3 is 12.1 Å². The van der Waals surface area contributed by atoms with Crippen molar-refractivity contribution in [3.8, 4) is 5.75 Å². The molecular formula is C13H14O5. The Bertz CT molecular complexity index is 436. The highest BCUT2D eigenvalue weighted by Gasteiger charge is 2.05. The quantitative estimate of drug-likeness (QED) is 0.376. The van der Waals surface area contributed by atoms with E-state index in [-0.39, 0.29) is 12.2 Å². The van der Waals surface area contributed by atoms with Crippen molar-refractivity contribution < 1.29 is 24.2 Å². The molecule has 1 rings (SSSR count). The highest BCUT2D eigenvalue weighted by Crippen LogP contribution is 2.09. The number of carboxylic acids is 1. The molecule has 0 amide bonds. The zero-order valence-electron chi connectivity index (χ0n) is 9.96. The summed E-state index contributed by atoms with van der Waals surface area (Å²) in [4.78, 5) is 21.7. The fraction of sp³-hybridized carbons (Fsp3) is 0.231. The van der Waals surface area contributed by atoms with Crippen molar-refractivity contribution in [1.29, 1.82) is 0 Å². The van der Waals surface area contributed by atoms with E-state index in [1.807, 2.05) is 0 Å². The van der Waals surface area contributed by atoms with Gasteiger partial charge in [0.25, 0.3) is 0 Å². The molecule has 1 aromatic rings. The standard InChI is InChI=1S/C13H14O5/c1-10(12(14)15)6-5-9-17-13(16)18-11-7-3-2-4-8-11/h2-4,6-8H,5,9H2,1H3,(H,14,15)/b10-6+. The highest BCUT2D eigenvalue weighted by atomic mass is 16.7. The lowest BCUT2D eigenvalue weighted by atomic mass is 10.2. The third kappa shape index (κ3) is 5.16. The Kier molecular flexibility index (Phi) is 5.44. The maximum absolute atomic E-state index is 11.2. The van der Waals surface area contributed by atoms with Gasteiger partial charge in [-0.3, -0.25) is 0 Å². The number of benzene rings is 1. The van der Waals surface area contributed by atoms with E-state index in [0.29, 0.717) is 12.2 Å². The van der Waals surface area contributed by atoms with Gasteiger partial charge in [0.2, 0.25) is 0 Å². The third-order valence-electron chi connectivity index (χ3n) is 2.07. The number of carbonyl (C=O) groups excluding carboxylic acids is 1. The molecule has 0 saturated heterocycles. The first-order chi connectivity index (χ1) is 8.59.